The molecule has 1 amide bonds. The van der Waals surface area contributed by atoms with Crippen LogP contribution in [0.15, 0.2) is 24.4 Å². The van der Waals surface area contributed by atoms with Crippen LogP contribution in [-0.2, 0) is 11.2 Å². The lowest BCUT2D eigenvalue weighted by atomic mass is 10.1. The zero-order valence-corrected chi connectivity index (χ0v) is 11.1. The number of hydrogen-bond donors (Lipinski definition) is 3. The molecule has 19 heavy (non-hydrogen) atoms. The maximum atomic E-state index is 11.7. The number of methoxy groups -OCH3 is 1. The van der Waals surface area contributed by atoms with Crippen LogP contribution in [0.2, 0.25) is 0 Å². The molecule has 1 fully saturated rings. The molecule has 1 aromatic heterocycles. The number of nitrogens with one attached hydrogen (secondary N) is 3. The summed E-state index contributed by atoms with van der Waals surface area (Å²) in [7, 11) is 1.64. The number of aromatic amines is 1. The van der Waals surface area contributed by atoms with Gasteiger partial charge in [0.05, 0.1) is 12.6 Å². The Kier molecular flexibility index (Phi) is 2.87. The van der Waals surface area contributed by atoms with E-state index in [4.69, 9.17) is 17.0 Å². The van der Waals surface area contributed by atoms with Crippen molar-refractivity contribution in [3.63, 3.8) is 0 Å². The lowest BCUT2D eigenvalue weighted by molar-refractivity contribution is -0.120. The highest BCUT2D eigenvalue weighted by Gasteiger charge is 2.27. The van der Waals surface area contributed by atoms with E-state index in [2.05, 4.69) is 15.6 Å². The van der Waals surface area contributed by atoms with Crippen molar-refractivity contribution in [2.24, 2.45) is 0 Å². The molecule has 1 atom stereocenters. The minimum Gasteiger partial charge on any atom is -0.495 e. The number of hydrogen-bond acceptors (Lipinski definition) is 3. The largest absolute Gasteiger partial charge is 0.495 e. The van der Waals surface area contributed by atoms with Gasteiger partial charge >= 0.3 is 0 Å². The molecular weight excluding hydrogens is 262 g/mol. The van der Waals surface area contributed by atoms with Crippen LogP contribution in [0.5, 0.6) is 5.75 Å². The smallest absolute Gasteiger partial charge is 0.249 e. The number of ether oxygens (including phenoxy) is 1. The number of para-hydroxylation sites is 1. The third-order valence-corrected chi connectivity index (χ3v) is 3.49. The molecule has 3 N–H and O–H groups in total. The van der Waals surface area contributed by atoms with Gasteiger partial charge in [-0.25, -0.2) is 0 Å². The molecule has 1 saturated heterocycles. The van der Waals surface area contributed by atoms with Gasteiger partial charge in [0.1, 0.15) is 11.8 Å². The van der Waals surface area contributed by atoms with Gasteiger partial charge in [0, 0.05) is 18.0 Å². The van der Waals surface area contributed by atoms with Crippen LogP contribution >= 0.6 is 12.2 Å². The second kappa shape index (κ2) is 4.55. The molecule has 2 heterocycles. The summed E-state index contributed by atoms with van der Waals surface area (Å²) in [4.78, 5) is 14.9. The van der Waals surface area contributed by atoms with Crippen LogP contribution < -0.4 is 15.4 Å². The average molecular weight is 275 g/mol. The highest BCUT2D eigenvalue weighted by atomic mass is 32.1. The van der Waals surface area contributed by atoms with Crippen molar-refractivity contribution in [3.8, 4) is 5.75 Å². The minimum atomic E-state index is -0.308. The summed E-state index contributed by atoms with van der Waals surface area (Å²) in [6.45, 7) is 0. The fraction of sp³-hybridized carbons (Fsp3) is 0.231. The second-order valence-corrected chi connectivity index (χ2v) is 4.82. The molecule has 1 aliphatic rings. The molecule has 0 spiro atoms. The Bertz CT molecular complexity index is 665. The summed E-state index contributed by atoms with van der Waals surface area (Å²) in [5.74, 6) is 0.713. The number of fused-ring (bicyclic) bond motifs is 1. The Labute approximate surface area is 115 Å². The van der Waals surface area contributed by atoms with Gasteiger partial charge in [0.15, 0.2) is 5.11 Å². The number of carbonyl (C=O) groups is 1. The van der Waals surface area contributed by atoms with Gasteiger partial charge < -0.3 is 20.4 Å². The highest BCUT2D eigenvalue weighted by Crippen LogP contribution is 2.27. The first-order valence-corrected chi connectivity index (χ1v) is 6.34. The first kappa shape index (κ1) is 12.0. The molecule has 6 heteroatoms. The molecule has 0 bridgehead atoms. The van der Waals surface area contributed by atoms with Crippen LogP contribution in [0.3, 0.4) is 0 Å². The average Bonchev–Trinajstić information content (AvgIpc) is 2.94. The van der Waals surface area contributed by atoms with E-state index in [1.54, 1.807) is 7.11 Å². The number of rotatable bonds is 3. The van der Waals surface area contributed by atoms with Crippen molar-refractivity contribution < 1.29 is 9.53 Å². The van der Waals surface area contributed by atoms with Crippen molar-refractivity contribution in [3.05, 3.63) is 30.0 Å². The predicted molar refractivity (Wildman–Crippen MR) is 76.2 cm³/mol. The third-order valence-electron chi connectivity index (χ3n) is 3.27. The fourth-order valence-corrected chi connectivity index (χ4v) is 2.59. The maximum Gasteiger partial charge on any atom is 0.249 e. The quantitative estimate of drug-likeness (QED) is 0.734. The Balaban J connectivity index is 1.94. The van der Waals surface area contributed by atoms with Crippen molar-refractivity contribution in [1.29, 1.82) is 0 Å². The molecule has 1 aromatic carbocycles. The SMILES string of the molecule is COc1cccc2c(CC3NC(=S)NC3=O)c[nH]c12. The molecular formula is C13H13N3O2S. The van der Waals surface area contributed by atoms with Crippen LogP contribution in [0.4, 0.5) is 0 Å². The van der Waals surface area contributed by atoms with Gasteiger partial charge in [-0.3, -0.25) is 4.79 Å². The van der Waals surface area contributed by atoms with E-state index < -0.39 is 0 Å². The summed E-state index contributed by atoms with van der Waals surface area (Å²) in [5, 5.41) is 7.01. The van der Waals surface area contributed by atoms with Gasteiger partial charge in [-0.05, 0) is 23.8 Å². The topological polar surface area (TPSA) is 66.2 Å². The number of H-pyrrole nitrogens is 1. The van der Waals surface area contributed by atoms with Crippen LogP contribution in [0, 0.1) is 0 Å². The van der Waals surface area contributed by atoms with E-state index in [0.29, 0.717) is 11.5 Å². The van der Waals surface area contributed by atoms with Gasteiger partial charge in [0.25, 0.3) is 0 Å². The Morgan fingerprint density at radius 2 is 2.26 bits per heavy atom. The van der Waals surface area contributed by atoms with Gasteiger partial charge in [0.2, 0.25) is 5.91 Å². The summed E-state index contributed by atoms with van der Waals surface area (Å²) >= 11 is 4.93. The third kappa shape index (κ3) is 2.04. The van der Waals surface area contributed by atoms with Crippen LogP contribution in [0.25, 0.3) is 10.9 Å². The molecule has 5 nitrogen and oxygen atoms in total. The number of amides is 1. The molecule has 1 unspecified atom stereocenters. The van der Waals surface area contributed by atoms with Crippen molar-refractivity contribution in [2.75, 3.05) is 7.11 Å². The number of carbonyl (C=O) groups excluding carboxylic acids is 1. The number of aromatic nitrogens is 1. The van der Waals surface area contributed by atoms with Gasteiger partial charge in [-0.15, -0.1) is 0 Å². The van der Waals surface area contributed by atoms with Gasteiger partial charge in [-0.2, -0.15) is 0 Å². The molecule has 1 aliphatic heterocycles. The van der Waals surface area contributed by atoms with E-state index in [1.807, 2.05) is 24.4 Å². The monoisotopic (exact) mass is 275 g/mol. The normalized spacial score (nSPS) is 18.5. The maximum absolute atomic E-state index is 11.7. The van der Waals surface area contributed by atoms with Crippen molar-refractivity contribution in [1.82, 2.24) is 15.6 Å². The zero-order valence-electron chi connectivity index (χ0n) is 10.3. The predicted octanol–water partition coefficient (Wildman–Crippen LogP) is 1.09. The summed E-state index contributed by atoms with van der Waals surface area (Å²) in [6, 6.07) is 5.54. The van der Waals surface area contributed by atoms with Crippen LogP contribution in [-0.4, -0.2) is 29.2 Å². The Hall–Kier alpha value is -2.08. The summed E-state index contributed by atoms with van der Waals surface area (Å²) in [5.41, 5.74) is 2.01. The second-order valence-electron chi connectivity index (χ2n) is 4.42. The minimum absolute atomic E-state index is 0.0813. The lowest BCUT2D eigenvalue weighted by Crippen LogP contribution is -2.30. The fourth-order valence-electron chi connectivity index (χ4n) is 2.35. The summed E-state index contributed by atoms with van der Waals surface area (Å²) in [6.07, 6.45) is 2.49. The Morgan fingerprint density at radius 1 is 1.42 bits per heavy atom. The molecule has 0 saturated carbocycles. The first-order valence-electron chi connectivity index (χ1n) is 5.93. The molecule has 0 aliphatic carbocycles. The van der Waals surface area contributed by atoms with Gasteiger partial charge in [-0.1, -0.05) is 12.1 Å². The standard InChI is InChI=1S/C13H13N3O2S/c1-18-10-4-2-3-8-7(6-14-11(8)10)5-9-12(17)16-13(19)15-9/h2-4,6,9,14H,5H2,1H3,(H2,15,16,17,19). The number of benzene rings is 1. The van der Waals surface area contributed by atoms with E-state index in [-0.39, 0.29) is 11.9 Å². The number of thiocarbonyl (C=S) groups is 1. The van der Waals surface area contributed by atoms with E-state index in [1.165, 1.54) is 0 Å². The highest BCUT2D eigenvalue weighted by molar-refractivity contribution is 7.80. The Morgan fingerprint density at radius 3 is 2.95 bits per heavy atom. The van der Waals surface area contributed by atoms with E-state index in [9.17, 15) is 4.79 Å². The van der Waals surface area contributed by atoms with E-state index >= 15 is 0 Å². The van der Waals surface area contributed by atoms with Crippen LogP contribution in [0.1, 0.15) is 5.56 Å². The first-order chi connectivity index (χ1) is 9.19. The molecule has 2 aromatic rings. The van der Waals surface area contributed by atoms with Crippen molar-refractivity contribution in [2.45, 2.75) is 12.5 Å². The lowest BCUT2D eigenvalue weighted by Gasteiger charge is -2.07. The van der Waals surface area contributed by atoms with Crippen molar-refractivity contribution >= 4 is 34.1 Å². The van der Waals surface area contributed by atoms with E-state index in [0.717, 1.165) is 22.2 Å². The zero-order chi connectivity index (χ0) is 13.4. The molecule has 98 valence electrons. The molecule has 0 radical (unpaired) electrons. The summed E-state index contributed by atoms with van der Waals surface area (Å²) < 4.78 is 5.30. The molecule has 3 rings (SSSR count).